The minimum Gasteiger partial charge on any atom is -0.396 e. The normalized spacial score (nSPS) is 17.0. The van der Waals surface area contributed by atoms with Crippen molar-refractivity contribution in [3.63, 3.8) is 0 Å². The van der Waals surface area contributed by atoms with Gasteiger partial charge >= 0.3 is 0 Å². The molecule has 1 heterocycles. The van der Waals surface area contributed by atoms with E-state index in [9.17, 15) is 0 Å². The maximum Gasteiger partial charge on any atom is 0.0743 e. The number of nitrogens with two attached hydrogens (primary N) is 1. The van der Waals surface area contributed by atoms with Crippen LogP contribution in [-0.2, 0) is 0 Å². The van der Waals surface area contributed by atoms with Crippen molar-refractivity contribution in [1.82, 2.24) is 4.98 Å². The summed E-state index contributed by atoms with van der Waals surface area (Å²) in [6, 6.07) is 8.10. The van der Waals surface area contributed by atoms with E-state index in [2.05, 4.69) is 23.3 Å². The lowest BCUT2D eigenvalue weighted by molar-refractivity contribution is 0.611. The molecule has 3 nitrogen and oxygen atoms in total. The van der Waals surface area contributed by atoms with Crippen LogP contribution < -0.4 is 11.1 Å². The van der Waals surface area contributed by atoms with E-state index in [1.807, 2.05) is 18.2 Å². The van der Waals surface area contributed by atoms with Crippen LogP contribution in [0.3, 0.4) is 0 Å². The Morgan fingerprint density at radius 1 is 1.35 bits per heavy atom. The van der Waals surface area contributed by atoms with Crippen LogP contribution in [0.4, 0.5) is 11.4 Å². The number of nitrogens with zero attached hydrogens (tertiary/aromatic N) is 1. The second-order valence-corrected chi connectivity index (χ2v) is 5.27. The number of rotatable bonds is 3. The number of nitrogen functional groups attached to an aromatic ring is 1. The van der Waals surface area contributed by atoms with Crippen molar-refractivity contribution in [2.75, 3.05) is 17.6 Å². The minimum absolute atomic E-state index is 0.469. The predicted molar refractivity (Wildman–Crippen MR) is 72.0 cm³/mol. The fourth-order valence-electron chi connectivity index (χ4n) is 2.05. The molecule has 17 heavy (non-hydrogen) atoms. The van der Waals surface area contributed by atoms with Crippen LogP contribution in [0.15, 0.2) is 30.5 Å². The van der Waals surface area contributed by atoms with Crippen molar-refractivity contribution in [3.05, 3.63) is 30.5 Å². The molecule has 3 N–H and O–H groups in total. The minimum atomic E-state index is 0.469. The smallest absolute Gasteiger partial charge is 0.0743 e. The zero-order valence-corrected chi connectivity index (χ0v) is 10.0. The summed E-state index contributed by atoms with van der Waals surface area (Å²) in [5, 5.41) is 4.60. The van der Waals surface area contributed by atoms with E-state index in [0.717, 1.165) is 28.8 Å². The predicted octanol–water partition coefficient (Wildman–Crippen LogP) is 3.03. The monoisotopic (exact) mass is 227 g/mol. The molecule has 0 saturated heterocycles. The molecule has 1 saturated carbocycles. The molecule has 0 unspecified atom stereocenters. The molecular weight excluding hydrogens is 210 g/mol. The van der Waals surface area contributed by atoms with Gasteiger partial charge in [0.2, 0.25) is 0 Å². The molecule has 1 aromatic heterocycles. The molecule has 0 aliphatic heterocycles. The van der Waals surface area contributed by atoms with Crippen molar-refractivity contribution in [3.8, 4) is 0 Å². The Morgan fingerprint density at radius 2 is 2.12 bits per heavy atom. The summed E-state index contributed by atoms with van der Waals surface area (Å²) < 4.78 is 0. The van der Waals surface area contributed by atoms with Gasteiger partial charge in [0.15, 0.2) is 0 Å². The van der Waals surface area contributed by atoms with Gasteiger partial charge < -0.3 is 11.1 Å². The zero-order chi connectivity index (χ0) is 11.9. The van der Waals surface area contributed by atoms with Gasteiger partial charge in [-0.1, -0.05) is 25.1 Å². The van der Waals surface area contributed by atoms with Crippen LogP contribution in [0.1, 0.15) is 19.8 Å². The summed E-state index contributed by atoms with van der Waals surface area (Å²) in [7, 11) is 0. The largest absolute Gasteiger partial charge is 0.396 e. The highest BCUT2D eigenvalue weighted by atomic mass is 14.9. The molecule has 0 radical (unpaired) electrons. The number of benzene rings is 1. The average molecular weight is 227 g/mol. The Balaban J connectivity index is 1.98. The first-order valence-electron chi connectivity index (χ1n) is 6.05. The second-order valence-electron chi connectivity index (χ2n) is 5.27. The number of nitrogens with one attached hydrogen (secondary N) is 1. The third kappa shape index (κ3) is 1.93. The van der Waals surface area contributed by atoms with Gasteiger partial charge in [0.25, 0.3) is 0 Å². The number of aromatic nitrogens is 1. The Hall–Kier alpha value is -1.77. The number of fused-ring (bicyclic) bond motifs is 1. The van der Waals surface area contributed by atoms with Crippen LogP contribution in [0.2, 0.25) is 0 Å². The van der Waals surface area contributed by atoms with Crippen LogP contribution >= 0.6 is 0 Å². The van der Waals surface area contributed by atoms with E-state index in [0.29, 0.717) is 5.41 Å². The van der Waals surface area contributed by atoms with Gasteiger partial charge in [0, 0.05) is 11.9 Å². The SMILES string of the molecule is CC1(CNc2c(N)cnc3ccccc23)CC1. The Morgan fingerprint density at radius 3 is 2.88 bits per heavy atom. The first-order chi connectivity index (χ1) is 8.18. The molecule has 1 aromatic carbocycles. The number of anilines is 2. The molecular formula is C14H17N3. The maximum absolute atomic E-state index is 6.01. The fraction of sp³-hybridized carbons (Fsp3) is 0.357. The zero-order valence-electron chi connectivity index (χ0n) is 10.0. The highest BCUT2D eigenvalue weighted by Gasteiger charge is 2.36. The van der Waals surface area contributed by atoms with Crippen LogP contribution in [0.5, 0.6) is 0 Å². The Labute approximate surface area is 101 Å². The van der Waals surface area contributed by atoms with Crippen LogP contribution in [0, 0.1) is 5.41 Å². The number of para-hydroxylation sites is 1. The molecule has 0 bridgehead atoms. The molecule has 1 fully saturated rings. The van der Waals surface area contributed by atoms with Crippen molar-refractivity contribution in [1.29, 1.82) is 0 Å². The van der Waals surface area contributed by atoms with Gasteiger partial charge in [0.05, 0.1) is 23.1 Å². The lowest BCUT2D eigenvalue weighted by Crippen LogP contribution is -2.13. The molecule has 2 aromatic rings. The summed E-state index contributed by atoms with van der Waals surface area (Å²) in [5.41, 5.74) is 9.23. The van der Waals surface area contributed by atoms with Gasteiger partial charge in [0.1, 0.15) is 0 Å². The van der Waals surface area contributed by atoms with Gasteiger partial charge in [-0.2, -0.15) is 0 Å². The van der Waals surface area contributed by atoms with Crippen LogP contribution in [-0.4, -0.2) is 11.5 Å². The average Bonchev–Trinajstić information content (AvgIpc) is 3.06. The highest BCUT2D eigenvalue weighted by Crippen LogP contribution is 2.45. The molecule has 3 heteroatoms. The quantitative estimate of drug-likeness (QED) is 0.847. The second kappa shape index (κ2) is 3.62. The first-order valence-corrected chi connectivity index (χ1v) is 6.05. The van der Waals surface area contributed by atoms with E-state index in [-0.39, 0.29) is 0 Å². The highest BCUT2D eigenvalue weighted by molar-refractivity contribution is 5.96. The number of hydrogen-bond acceptors (Lipinski definition) is 3. The van der Waals surface area contributed by atoms with Gasteiger partial charge in [-0.05, 0) is 24.3 Å². The third-order valence-corrected chi connectivity index (χ3v) is 3.60. The van der Waals surface area contributed by atoms with Gasteiger partial charge in [-0.15, -0.1) is 0 Å². The van der Waals surface area contributed by atoms with Crippen molar-refractivity contribution < 1.29 is 0 Å². The van der Waals surface area contributed by atoms with Crippen LogP contribution in [0.25, 0.3) is 10.9 Å². The van der Waals surface area contributed by atoms with Gasteiger partial charge in [-0.25, -0.2) is 0 Å². The van der Waals surface area contributed by atoms with Crippen molar-refractivity contribution in [2.45, 2.75) is 19.8 Å². The summed E-state index contributed by atoms with van der Waals surface area (Å²) in [6.07, 6.45) is 4.35. The van der Waals surface area contributed by atoms with E-state index < -0.39 is 0 Å². The van der Waals surface area contributed by atoms with E-state index in [1.54, 1.807) is 6.20 Å². The fourth-order valence-corrected chi connectivity index (χ4v) is 2.05. The molecule has 1 aliphatic carbocycles. The Bertz CT molecular complexity index is 558. The molecule has 0 atom stereocenters. The molecule has 88 valence electrons. The molecule has 0 amide bonds. The number of hydrogen-bond donors (Lipinski definition) is 2. The lowest BCUT2D eigenvalue weighted by Gasteiger charge is -2.15. The maximum atomic E-state index is 6.01. The Kier molecular flexibility index (Phi) is 2.21. The van der Waals surface area contributed by atoms with E-state index in [1.165, 1.54) is 12.8 Å². The number of pyridine rings is 1. The van der Waals surface area contributed by atoms with E-state index >= 15 is 0 Å². The summed E-state index contributed by atoms with van der Waals surface area (Å²) in [6.45, 7) is 3.30. The summed E-state index contributed by atoms with van der Waals surface area (Å²) in [4.78, 5) is 4.34. The standard InChI is InChI=1S/C14H17N3/c1-14(6-7-14)9-17-13-10-4-2-3-5-12(10)16-8-11(13)15/h2-5,8H,6-7,9,15H2,1H3,(H,16,17). The van der Waals surface area contributed by atoms with Gasteiger partial charge in [-0.3, -0.25) is 4.98 Å². The first kappa shape index (κ1) is 10.4. The topological polar surface area (TPSA) is 50.9 Å². The third-order valence-electron chi connectivity index (χ3n) is 3.60. The van der Waals surface area contributed by atoms with E-state index in [4.69, 9.17) is 5.73 Å². The summed E-state index contributed by atoms with van der Waals surface area (Å²) in [5.74, 6) is 0. The lowest BCUT2D eigenvalue weighted by atomic mass is 10.1. The molecule has 0 spiro atoms. The molecule has 1 aliphatic rings. The van der Waals surface area contributed by atoms with Crippen molar-refractivity contribution >= 4 is 22.3 Å². The molecule has 3 rings (SSSR count). The summed E-state index contributed by atoms with van der Waals surface area (Å²) >= 11 is 0. The van der Waals surface area contributed by atoms with Crippen molar-refractivity contribution in [2.24, 2.45) is 5.41 Å².